The van der Waals surface area contributed by atoms with Crippen LogP contribution < -0.4 is 0 Å². The van der Waals surface area contributed by atoms with Crippen LogP contribution in [0.3, 0.4) is 0 Å². The maximum absolute atomic E-state index is 12.5. The molecule has 3 unspecified atom stereocenters. The number of carbonyl (C=O) groups excluding carboxylic acids is 2. The molecule has 2 bridgehead atoms. The summed E-state index contributed by atoms with van der Waals surface area (Å²) in [5, 5.41) is 0. The fourth-order valence-corrected chi connectivity index (χ4v) is 4.74. The van der Waals surface area contributed by atoms with Gasteiger partial charge in [-0.2, -0.15) is 0 Å². The summed E-state index contributed by atoms with van der Waals surface area (Å²) in [4.78, 5) is 34.9. The van der Waals surface area contributed by atoms with Gasteiger partial charge in [-0.1, -0.05) is 13.8 Å². The predicted molar refractivity (Wildman–Crippen MR) is 74.2 cm³/mol. The molecule has 0 N–H and O–H groups in total. The van der Waals surface area contributed by atoms with Crippen LogP contribution in [0.1, 0.15) is 59.8 Å². The van der Waals surface area contributed by atoms with Crippen LogP contribution in [0.25, 0.3) is 0 Å². The lowest BCUT2D eigenvalue weighted by Crippen LogP contribution is -2.70. The van der Waals surface area contributed by atoms with Gasteiger partial charge in [0.25, 0.3) is 0 Å². The van der Waals surface area contributed by atoms with E-state index in [4.69, 9.17) is 14.5 Å². The fraction of sp³-hybridized carbons (Fsp3) is 0.875. The second kappa shape index (κ2) is 4.53. The Labute approximate surface area is 125 Å². The molecular formula is C16H24O5. The summed E-state index contributed by atoms with van der Waals surface area (Å²) in [6.07, 6.45) is 3.11. The molecule has 1 spiro atoms. The summed E-state index contributed by atoms with van der Waals surface area (Å²) >= 11 is 0. The van der Waals surface area contributed by atoms with E-state index in [1.165, 1.54) is 6.92 Å². The third-order valence-electron chi connectivity index (χ3n) is 6.19. The summed E-state index contributed by atoms with van der Waals surface area (Å²) in [5.41, 5.74) is -1.12. The van der Waals surface area contributed by atoms with E-state index in [1.54, 1.807) is 0 Å². The molecule has 118 valence electrons. The van der Waals surface area contributed by atoms with E-state index in [9.17, 15) is 9.59 Å². The Morgan fingerprint density at radius 2 is 2.00 bits per heavy atom. The molecule has 1 saturated heterocycles. The number of esters is 1. The Balaban J connectivity index is 1.95. The Morgan fingerprint density at radius 1 is 1.29 bits per heavy atom. The van der Waals surface area contributed by atoms with Crippen molar-refractivity contribution in [2.24, 2.45) is 10.8 Å². The smallest absolute Gasteiger partial charge is 0.302 e. The second-order valence-corrected chi connectivity index (χ2v) is 7.53. The van der Waals surface area contributed by atoms with Crippen molar-refractivity contribution in [1.29, 1.82) is 0 Å². The first-order valence-electron chi connectivity index (χ1n) is 7.77. The molecule has 3 aliphatic rings. The van der Waals surface area contributed by atoms with Crippen molar-refractivity contribution >= 4 is 11.8 Å². The van der Waals surface area contributed by atoms with Gasteiger partial charge >= 0.3 is 5.97 Å². The van der Waals surface area contributed by atoms with Crippen molar-refractivity contribution in [1.82, 2.24) is 0 Å². The molecule has 2 aliphatic carbocycles. The minimum Gasteiger partial charge on any atom is -0.460 e. The largest absolute Gasteiger partial charge is 0.460 e. The van der Waals surface area contributed by atoms with Crippen molar-refractivity contribution in [3.05, 3.63) is 0 Å². The van der Waals surface area contributed by atoms with Crippen LogP contribution in [0, 0.1) is 10.8 Å². The zero-order valence-corrected chi connectivity index (χ0v) is 13.2. The molecule has 1 aliphatic heterocycles. The Morgan fingerprint density at radius 3 is 2.67 bits per heavy atom. The zero-order chi connectivity index (χ0) is 15.5. The summed E-state index contributed by atoms with van der Waals surface area (Å²) in [5.74, 6) is -0.168. The lowest BCUT2D eigenvalue weighted by Gasteiger charge is -2.64. The van der Waals surface area contributed by atoms with Crippen LogP contribution >= 0.6 is 0 Å². The molecule has 5 heteroatoms. The highest BCUT2D eigenvalue weighted by atomic mass is 17.2. The predicted octanol–water partition coefficient (Wildman–Crippen LogP) is 2.57. The van der Waals surface area contributed by atoms with Gasteiger partial charge in [-0.05, 0) is 38.0 Å². The molecule has 5 nitrogen and oxygen atoms in total. The summed E-state index contributed by atoms with van der Waals surface area (Å²) in [7, 11) is 0. The number of hydrogen-bond acceptors (Lipinski definition) is 5. The van der Waals surface area contributed by atoms with Crippen molar-refractivity contribution in [3.8, 4) is 0 Å². The van der Waals surface area contributed by atoms with Gasteiger partial charge < -0.3 is 4.74 Å². The zero-order valence-electron chi connectivity index (χ0n) is 13.2. The van der Waals surface area contributed by atoms with Crippen LogP contribution in [0.4, 0.5) is 0 Å². The lowest BCUT2D eigenvalue weighted by molar-refractivity contribution is -0.456. The van der Waals surface area contributed by atoms with Gasteiger partial charge in [0, 0.05) is 18.8 Å². The normalized spacial score (nSPS) is 44.9. The Hall–Kier alpha value is -0.940. The number of Topliss-reactive ketones (excluding diaryl/α,β-unsaturated/α-hetero) is 1. The van der Waals surface area contributed by atoms with E-state index in [2.05, 4.69) is 13.8 Å². The van der Waals surface area contributed by atoms with E-state index in [1.807, 2.05) is 6.92 Å². The Bertz CT molecular complexity index is 485. The quantitative estimate of drug-likeness (QED) is 0.550. The van der Waals surface area contributed by atoms with Gasteiger partial charge in [-0.25, -0.2) is 9.78 Å². The molecule has 21 heavy (non-hydrogen) atoms. The highest BCUT2D eigenvalue weighted by Gasteiger charge is 2.69. The van der Waals surface area contributed by atoms with Gasteiger partial charge in [0.15, 0.2) is 11.4 Å². The van der Waals surface area contributed by atoms with Gasteiger partial charge in [0.1, 0.15) is 12.2 Å². The van der Waals surface area contributed by atoms with Crippen molar-refractivity contribution < 1.29 is 24.1 Å². The third kappa shape index (κ3) is 1.90. The van der Waals surface area contributed by atoms with Gasteiger partial charge in [-0.3, -0.25) is 9.59 Å². The molecule has 4 atom stereocenters. The number of ketones is 1. The van der Waals surface area contributed by atoms with E-state index < -0.39 is 5.60 Å². The van der Waals surface area contributed by atoms with E-state index in [0.29, 0.717) is 12.8 Å². The summed E-state index contributed by atoms with van der Waals surface area (Å²) < 4.78 is 5.35. The molecule has 0 aromatic heterocycles. The highest BCUT2D eigenvalue weighted by Crippen LogP contribution is 2.64. The van der Waals surface area contributed by atoms with Gasteiger partial charge in [0.2, 0.25) is 0 Å². The molecule has 0 aromatic carbocycles. The maximum Gasteiger partial charge on any atom is 0.302 e. The topological polar surface area (TPSA) is 61.8 Å². The first kappa shape index (κ1) is 15.0. The van der Waals surface area contributed by atoms with Crippen LogP contribution in [0.15, 0.2) is 0 Å². The van der Waals surface area contributed by atoms with Gasteiger partial charge in [-0.15, -0.1) is 0 Å². The molecule has 3 rings (SSSR count). The number of ether oxygens (including phenoxy) is 1. The summed E-state index contributed by atoms with van der Waals surface area (Å²) in [6, 6.07) is 0. The minimum atomic E-state index is -0.882. The first-order valence-corrected chi connectivity index (χ1v) is 7.77. The maximum atomic E-state index is 12.5. The van der Waals surface area contributed by atoms with Crippen LogP contribution in [0.5, 0.6) is 0 Å². The number of hydrogen-bond donors (Lipinski definition) is 0. The standard InChI is InChI=1S/C16H24O5/c1-10(17)19-11-5-8-16-9-12(11)20-21-15(16,4)13(18)6-7-14(16,2)3/h11-12H,5-9H2,1-4H3/t11?,12?,15-,16?/m0/s1. The molecular weight excluding hydrogens is 272 g/mol. The second-order valence-electron chi connectivity index (χ2n) is 7.53. The van der Waals surface area contributed by atoms with E-state index >= 15 is 0 Å². The average molecular weight is 296 g/mol. The number of rotatable bonds is 1. The number of fused-ring (bicyclic) bond motifs is 1. The molecule has 0 amide bonds. The number of carbonyl (C=O) groups is 2. The molecule has 1 heterocycles. The molecule has 0 aromatic rings. The van der Waals surface area contributed by atoms with Crippen LogP contribution in [-0.4, -0.2) is 29.6 Å². The monoisotopic (exact) mass is 296 g/mol. The SMILES string of the molecule is CC(=O)OC1CCC23CC1OO[C@@]2(C)C(=O)CCC3(C)C. The minimum absolute atomic E-state index is 0.00111. The average Bonchev–Trinajstić information content (AvgIpc) is 2.41. The third-order valence-corrected chi connectivity index (χ3v) is 6.19. The first-order chi connectivity index (χ1) is 9.72. The van der Waals surface area contributed by atoms with E-state index in [0.717, 1.165) is 19.3 Å². The van der Waals surface area contributed by atoms with Gasteiger partial charge in [0.05, 0.1) is 0 Å². The highest BCUT2D eigenvalue weighted by molar-refractivity contribution is 5.89. The van der Waals surface area contributed by atoms with Crippen molar-refractivity contribution in [2.75, 3.05) is 0 Å². The molecule has 3 fully saturated rings. The van der Waals surface area contributed by atoms with Crippen molar-refractivity contribution in [3.63, 3.8) is 0 Å². The van der Waals surface area contributed by atoms with Crippen LogP contribution in [-0.2, 0) is 24.1 Å². The van der Waals surface area contributed by atoms with Crippen LogP contribution in [0.2, 0.25) is 0 Å². The summed E-state index contributed by atoms with van der Waals surface area (Å²) in [6.45, 7) is 7.72. The molecule has 2 saturated carbocycles. The lowest BCUT2D eigenvalue weighted by atomic mass is 9.45. The fourth-order valence-electron chi connectivity index (χ4n) is 4.74. The molecule has 0 radical (unpaired) electrons. The Kier molecular flexibility index (Phi) is 3.23. The van der Waals surface area contributed by atoms with Crippen molar-refractivity contribution in [2.45, 2.75) is 77.6 Å². The van der Waals surface area contributed by atoms with E-state index in [-0.39, 0.29) is 34.8 Å².